The zero-order chi connectivity index (χ0) is 14.5. The van der Waals surface area contributed by atoms with Gasteiger partial charge in [0.2, 0.25) is 5.91 Å². The molecule has 0 aliphatic carbocycles. The Bertz CT molecular complexity index is 493. The van der Waals surface area contributed by atoms with E-state index in [-0.39, 0.29) is 11.8 Å². The molecule has 20 heavy (non-hydrogen) atoms. The van der Waals surface area contributed by atoms with Gasteiger partial charge in [0.25, 0.3) is 0 Å². The summed E-state index contributed by atoms with van der Waals surface area (Å²) in [6.07, 6.45) is 2.91. The van der Waals surface area contributed by atoms with Crippen LogP contribution in [-0.2, 0) is 9.53 Å². The first-order valence-corrected chi connectivity index (χ1v) is 6.83. The predicted molar refractivity (Wildman–Crippen MR) is 78.3 cm³/mol. The fourth-order valence-corrected chi connectivity index (χ4v) is 2.25. The van der Waals surface area contributed by atoms with Crippen molar-refractivity contribution in [2.75, 3.05) is 27.4 Å². The van der Waals surface area contributed by atoms with E-state index in [1.807, 2.05) is 38.2 Å². The normalized spacial score (nSPS) is 18.9. The van der Waals surface area contributed by atoms with E-state index in [4.69, 9.17) is 9.47 Å². The molecule has 2 rings (SSSR count). The first-order valence-electron chi connectivity index (χ1n) is 6.83. The number of methoxy groups -OCH3 is 1. The molecule has 0 saturated carbocycles. The summed E-state index contributed by atoms with van der Waals surface area (Å²) >= 11 is 0. The topological polar surface area (TPSA) is 38.8 Å². The summed E-state index contributed by atoms with van der Waals surface area (Å²) in [6.45, 7) is 3.06. The molecule has 0 fully saturated rings. The summed E-state index contributed by atoms with van der Waals surface area (Å²) in [5.74, 6) is 1.05. The lowest BCUT2D eigenvalue weighted by Gasteiger charge is -2.28. The van der Waals surface area contributed by atoms with Crippen LogP contribution >= 0.6 is 0 Å². The summed E-state index contributed by atoms with van der Waals surface area (Å²) in [4.78, 5) is 13.7. The van der Waals surface area contributed by atoms with Gasteiger partial charge >= 0.3 is 0 Å². The van der Waals surface area contributed by atoms with Crippen molar-refractivity contribution in [3.63, 3.8) is 0 Å². The lowest BCUT2D eigenvalue weighted by molar-refractivity contribution is -0.131. The molecule has 1 amide bonds. The van der Waals surface area contributed by atoms with E-state index in [0.717, 1.165) is 23.4 Å². The van der Waals surface area contributed by atoms with Gasteiger partial charge in [0, 0.05) is 25.8 Å². The second-order valence-corrected chi connectivity index (χ2v) is 4.99. The predicted octanol–water partition coefficient (Wildman–Crippen LogP) is 2.55. The van der Waals surface area contributed by atoms with Gasteiger partial charge in [-0.3, -0.25) is 4.79 Å². The molecule has 1 heterocycles. The highest BCUT2D eigenvalue weighted by atomic mass is 16.5. The van der Waals surface area contributed by atoms with Crippen LogP contribution in [0.2, 0.25) is 0 Å². The van der Waals surface area contributed by atoms with Gasteiger partial charge < -0.3 is 14.4 Å². The summed E-state index contributed by atoms with van der Waals surface area (Å²) in [7, 11) is 3.47. The minimum Gasteiger partial charge on any atom is -0.491 e. The van der Waals surface area contributed by atoms with E-state index >= 15 is 0 Å². The van der Waals surface area contributed by atoms with Crippen molar-refractivity contribution >= 4 is 11.6 Å². The van der Waals surface area contributed by atoms with Crippen molar-refractivity contribution in [1.29, 1.82) is 0 Å². The van der Waals surface area contributed by atoms with Gasteiger partial charge in [0.1, 0.15) is 12.4 Å². The van der Waals surface area contributed by atoms with Gasteiger partial charge in [0.15, 0.2) is 0 Å². The number of carbonyl (C=O) groups is 1. The minimum absolute atomic E-state index is 0.0698. The van der Waals surface area contributed by atoms with Gasteiger partial charge in [-0.15, -0.1) is 0 Å². The summed E-state index contributed by atoms with van der Waals surface area (Å²) in [5.41, 5.74) is 2.00. The fourth-order valence-electron chi connectivity index (χ4n) is 2.25. The van der Waals surface area contributed by atoms with Crippen LogP contribution in [0.4, 0.5) is 0 Å². The molecule has 1 aromatic carbocycles. The van der Waals surface area contributed by atoms with E-state index in [0.29, 0.717) is 13.2 Å². The van der Waals surface area contributed by atoms with Crippen molar-refractivity contribution in [2.24, 2.45) is 5.92 Å². The van der Waals surface area contributed by atoms with E-state index in [1.54, 1.807) is 12.0 Å². The van der Waals surface area contributed by atoms with Crippen molar-refractivity contribution < 1.29 is 14.3 Å². The molecule has 0 radical (unpaired) electrons. The highest BCUT2D eigenvalue weighted by Crippen LogP contribution is 2.28. The number of hydrogen-bond acceptors (Lipinski definition) is 3. The summed E-state index contributed by atoms with van der Waals surface area (Å²) < 4.78 is 10.5. The molecule has 0 N–H and O–H groups in total. The Morgan fingerprint density at radius 2 is 1.95 bits per heavy atom. The first kappa shape index (κ1) is 14.6. The third kappa shape index (κ3) is 3.20. The molecular formula is C16H21NO3. The standard InChI is InChI=1S/C16H21NO3/c1-12-4-9-15(17(2)16(12)18)13-5-7-14(8-6-13)20-11-10-19-3/h5-9,12H,4,10-11H2,1-3H3. The monoisotopic (exact) mass is 275 g/mol. The molecule has 0 aromatic heterocycles. The van der Waals surface area contributed by atoms with Gasteiger partial charge in [-0.25, -0.2) is 0 Å². The highest BCUT2D eigenvalue weighted by Gasteiger charge is 2.24. The Balaban J connectivity index is 2.08. The molecule has 4 nitrogen and oxygen atoms in total. The Morgan fingerprint density at radius 1 is 1.25 bits per heavy atom. The van der Waals surface area contributed by atoms with Gasteiger partial charge in [-0.05, 0) is 36.2 Å². The third-order valence-electron chi connectivity index (χ3n) is 3.48. The van der Waals surface area contributed by atoms with Crippen LogP contribution in [0.5, 0.6) is 5.75 Å². The van der Waals surface area contributed by atoms with Gasteiger partial charge in [-0.2, -0.15) is 0 Å². The van der Waals surface area contributed by atoms with Crippen LogP contribution < -0.4 is 4.74 Å². The maximum absolute atomic E-state index is 12.0. The zero-order valence-corrected chi connectivity index (χ0v) is 12.3. The minimum atomic E-state index is 0.0698. The molecule has 108 valence electrons. The van der Waals surface area contributed by atoms with Crippen molar-refractivity contribution in [1.82, 2.24) is 4.90 Å². The fraction of sp³-hybridized carbons (Fsp3) is 0.438. The number of amides is 1. The molecule has 0 bridgehead atoms. The van der Waals surface area contributed by atoms with Crippen LogP contribution in [0.3, 0.4) is 0 Å². The van der Waals surface area contributed by atoms with Gasteiger partial charge in [0.05, 0.1) is 6.61 Å². The molecule has 1 atom stereocenters. The molecule has 1 unspecified atom stereocenters. The number of carbonyl (C=O) groups excluding carboxylic acids is 1. The number of benzene rings is 1. The van der Waals surface area contributed by atoms with E-state index < -0.39 is 0 Å². The highest BCUT2D eigenvalue weighted by molar-refractivity contribution is 5.90. The number of nitrogens with zero attached hydrogens (tertiary/aromatic N) is 1. The molecule has 1 aliphatic heterocycles. The maximum atomic E-state index is 12.0. The SMILES string of the molecule is COCCOc1ccc(C2=CCC(C)C(=O)N2C)cc1. The number of ether oxygens (including phenoxy) is 2. The van der Waals surface area contributed by atoms with Crippen molar-refractivity contribution in [3.8, 4) is 5.75 Å². The van der Waals surface area contributed by atoms with Crippen molar-refractivity contribution in [3.05, 3.63) is 35.9 Å². The van der Waals surface area contributed by atoms with Gasteiger partial charge in [-0.1, -0.05) is 13.0 Å². The second kappa shape index (κ2) is 6.57. The average Bonchev–Trinajstić information content (AvgIpc) is 2.46. The third-order valence-corrected chi connectivity index (χ3v) is 3.48. The van der Waals surface area contributed by atoms with Crippen molar-refractivity contribution in [2.45, 2.75) is 13.3 Å². The Kier molecular flexibility index (Phi) is 4.79. The molecule has 0 spiro atoms. The molecule has 4 heteroatoms. The maximum Gasteiger partial charge on any atom is 0.229 e. The Hall–Kier alpha value is -1.81. The van der Waals surface area contributed by atoms with Crippen LogP contribution in [0.15, 0.2) is 30.3 Å². The van der Waals surface area contributed by atoms with Crippen LogP contribution in [0.25, 0.3) is 5.70 Å². The van der Waals surface area contributed by atoms with Crippen LogP contribution in [-0.4, -0.2) is 38.2 Å². The lowest BCUT2D eigenvalue weighted by Crippen LogP contribution is -2.33. The first-order chi connectivity index (χ1) is 9.63. The Labute approximate surface area is 120 Å². The summed E-state index contributed by atoms with van der Waals surface area (Å²) in [6, 6.07) is 7.80. The smallest absolute Gasteiger partial charge is 0.229 e. The van der Waals surface area contributed by atoms with Crippen LogP contribution in [0, 0.1) is 5.92 Å². The zero-order valence-electron chi connectivity index (χ0n) is 12.3. The van der Waals surface area contributed by atoms with E-state index in [9.17, 15) is 4.79 Å². The lowest BCUT2D eigenvalue weighted by atomic mass is 9.98. The number of allylic oxidation sites excluding steroid dienone is 1. The summed E-state index contributed by atoms with van der Waals surface area (Å²) in [5, 5.41) is 0. The molecule has 1 aliphatic rings. The quantitative estimate of drug-likeness (QED) is 0.775. The molecule has 0 saturated heterocycles. The van der Waals surface area contributed by atoms with E-state index in [2.05, 4.69) is 6.08 Å². The van der Waals surface area contributed by atoms with Crippen LogP contribution in [0.1, 0.15) is 18.9 Å². The second-order valence-electron chi connectivity index (χ2n) is 4.99. The van der Waals surface area contributed by atoms with E-state index in [1.165, 1.54) is 0 Å². The molecular weight excluding hydrogens is 254 g/mol. The molecule has 1 aromatic rings. The average molecular weight is 275 g/mol. The number of hydrogen-bond donors (Lipinski definition) is 0. The largest absolute Gasteiger partial charge is 0.491 e. The Morgan fingerprint density at radius 3 is 2.60 bits per heavy atom. The number of rotatable bonds is 5.